The van der Waals surface area contributed by atoms with E-state index in [1.807, 2.05) is 38.1 Å². The molecule has 0 saturated carbocycles. The van der Waals surface area contributed by atoms with Crippen LogP contribution in [-0.4, -0.2) is 11.3 Å². The van der Waals surface area contributed by atoms with Crippen molar-refractivity contribution in [2.75, 3.05) is 5.32 Å². The maximum absolute atomic E-state index is 5.00. The van der Waals surface area contributed by atoms with Crippen molar-refractivity contribution < 1.29 is 0 Å². The summed E-state index contributed by atoms with van der Waals surface area (Å²) in [5.41, 5.74) is 4.87. The molecule has 0 aliphatic carbocycles. The van der Waals surface area contributed by atoms with Crippen molar-refractivity contribution in [1.29, 1.82) is 0 Å². The molecule has 1 aromatic carbocycles. The van der Waals surface area contributed by atoms with Gasteiger partial charge in [0.05, 0.1) is 0 Å². The van der Waals surface area contributed by atoms with Crippen molar-refractivity contribution in [3.63, 3.8) is 0 Å². The highest BCUT2D eigenvalue weighted by molar-refractivity contribution is 7.80. The minimum absolute atomic E-state index is 0.493. The van der Waals surface area contributed by atoms with E-state index in [0.29, 0.717) is 5.11 Å². The fourth-order valence-corrected chi connectivity index (χ4v) is 1.09. The van der Waals surface area contributed by atoms with Crippen molar-refractivity contribution in [2.45, 2.75) is 13.8 Å². The van der Waals surface area contributed by atoms with E-state index in [2.05, 4.69) is 15.8 Å². The number of hydrazone groups is 1. The Labute approximate surface area is 89.2 Å². The fraction of sp³-hybridized carbons (Fsp3) is 0.200. The summed E-state index contributed by atoms with van der Waals surface area (Å²) in [6.45, 7) is 3.86. The smallest absolute Gasteiger partial charge is 0.191 e. The maximum Gasteiger partial charge on any atom is 0.191 e. The van der Waals surface area contributed by atoms with Gasteiger partial charge in [-0.2, -0.15) is 5.10 Å². The third-order valence-corrected chi connectivity index (χ3v) is 1.80. The molecular formula is C10H13N3S. The summed E-state index contributed by atoms with van der Waals surface area (Å²) in [4.78, 5) is 0. The first-order valence-electron chi connectivity index (χ1n) is 4.33. The molecular weight excluding hydrogens is 194 g/mol. The van der Waals surface area contributed by atoms with Crippen molar-refractivity contribution in [3.05, 3.63) is 29.8 Å². The first kappa shape index (κ1) is 10.7. The molecule has 1 rings (SSSR count). The van der Waals surface area contributed by atoms with Crippen molar-refractivity contribution in [1.82, 2.24) is 5.43 Å². The molecule has 2 N–H and O–H groups in total. The number of hydrogen-bond donors (Lipinski definition) is 2. The maximum atomic E-state index is 5.00. The lowest BCUT2D eigenvalue weighted by Gasteiger charge is -2.06. The Kier molecular flexibility index (Phi) is 4.07. The third-order valence-electron chi connectivity index (χ3n) is 1.60. The second kappa shape index (κ2) is 5.34. The largest absolute Gasteiger partial charge is 0.331 e. The van der Waals surface area contributed by atoms with Crippen LogP contribution in [0.15, 0.2) is 29.4 Å². The lowest BCUT2D eigenvalue weighted by molar-refractivity contribution is 1.05. The number of benzene rings is 1. The second-order valence-electron chi connectivity index (χ2n) is 2.82. The topological polar surface area (TPSA) is 36.4 Å². The number of thiocarbonyl (C=S) groups is 1. The average molecular weight is 207 g/mol. The molecule has 0 amide bonds. The van der Waals surface area contributed by atoms with Gasteiger partial charge in [-0.1, -0.05) is 17.7 Å². The molecule has 0 bridgehead atoms. The Morgan fingerprint density at radius 1 is 1.36 bits per heavy atom. The van der Waals surface area contributed by atoms with Gasteiger partial charge in [0.1, 0.15) is 0 Å². The normalized spacial score (nSPS) is 10.1. The van der Waals surface area contributed by atoms with Crippen LogP contribution in [0, 0.1) is 6.92 Å². The summed E-state index contributed by atoms with van der Waals surface area (Å²) >= 11 is 5.00. The number of anilines is 1. The number of aryl methyl sites for hydroxylation is 1. The molecule has 0 unspecified atom stereocenters. The quantitative estimate of drug-likeness (QED) is 0.444. The Morgan fingerprint density at radius 2 is 2.00 bits per heavy atom. The van der Waals surface area contributed by atoms with Crippen LogP contribution in [0.1, 0.15) is 12.5 Å². The van der Waals surface area contributed by atoms with Gasteiger partial charge in [0.25, 0.3) is 0 Å². The van der Waals surface area contributed by atoms with Gasteiger partial charge in [0, 0.05) is 11.9 Å². The van der Waals surface area contributed by atoms with Gasteiger partial charge in [-0.25, -0.2) is 0 Å². The van der Waals surface area contributed by atoms with E-state index in [9.17, 15) is 0 Å². The molecule has 1 aromatic rings. The highest BCUT2D eigenvalue weighted by Crippen LogP contribution is 2.07. The van der Waals surface area contributed by atoms with E-state index < -0.39 is 0 Å². The molecule has 0 aliphatic rings. The molecule has 0 aromatic heterocycles. The molecule has 0 fully saturated rings. The number of nitrogens with zero attached hydrogens (tertiary/aromatic N) is 1. The van der Waals surface area contributed by atoms with Crippen LogP contribution in [-0.2, 0) is 0 Å². The number of nitrogens with one attached hydrogen (secondary N) is 2. The van der Waals surface area contributed by atoms with Crippen molar-refractivity contribution in [2.24, 2.45) is 5.10 Å². The molecule has 74 valence electrons. The lowest BCUT2D eigenvalue weighted by atomic mass is 10.2. The zero-order valence-corrected chi connectivity index (χ0v) is 9.06. The predicted molar refractivity (Wildman–Crippen MR) is 64.7 cm³/mol. The van der Waals surface area contributed by atoms with Crippen LogP contribution in [0.2, 0.25) is 0 Å². The molecule has 0 saturated heterocycles. The molecule has 0 spiro atoms. The van der Waals surface area contributed by atoms with E-state index in [-0.39, 0.29) is 0 Å². The summed E-state index contributed by atoms with van der Waals surface area (Å²) in [5, 5.41) is 7.31. The van der Waals surface area contributed by atoms with Crippen LogP contribution in [0.3, 0.4) is 0 Å². The van der Waals surface area contributed by atoms with Crippen LogP contribution in [0.4, 0.5) is 5.69 Å². The van der Waals surface area contributed by atoms with Gasteiger partial charge < -0.3 is 5.32 Å². The van der Waals surface area contributed by atoms with Gasteiger partial charge in [-0.15, -0.1) is 0 Å². The van der Waals surface area contributed by atoms with Gasteiger partial charge in [0.15, 0.2) is 5.11 Å². The van der Waals surface area contributed by atoms with E-state index in [1.165, 1.54) is 5.56 Å². The van der Waals surface area contributed by atoms with Gasteiger partial charge in [-0.05, 0) is 38.2 Å². The summed E-state index contributed by atoms with van der Waals surface area (Å²) in [5.74, 6) is 0. The molecule has 14 heavy (non-hydrogen) atoms. The van der Waals surface area contributed by atoms with Gasteiger partial charge in [-0.3, -0.25) is 5.43 Å². The van der Waals surface area contributed by atoms with Crippen LogP contribution in [0.5, 0.6) is 0 Å². The highest BCUT2D eigenvalue weighted by Gasteiger charge is 1.94. The molecule has 0 heterocycles. The lowest BCUT2D eigenvalue weighted by Crippen LogP contribution is -2.23. The summed E-state index contributed by atoms with van der Waals surface area (Å²) < 4.78 is 0. The van der Waals surface area contributed by atoms with E-state index in [1.54, 1.807) is 6.21 Å². The summed E-state index contributed by atoms with van der Waals surface area (Å²) in [7, 11) is 0. The van der Waals surface area contributed by atoms with Crippen LogP contribution in [0.25, 0.3) is 0 Å². The third kappa shape index (κ3) is 3.53. The molecule has 0 aliphatic heterocycles. The minimum Gasteiger partial charge on any atom is -0.331 e. The Morgan fingerprint density at radius 3 is 2.57 bits per heavy atom. The Hall–Kier alpha value is -1.42. The number of hydrogen-bond acceptors (Lipinski definition) is 2. The number of rotatable bonds is 2. The zero-order valence-electron chi connectivity index (χ0n) is 8.24. The highest BCUT2D eigenvalue weighted by atomic mass is 32.1. The monoisotopic (exact) mass is 207 g/mol. The average Bonchev–Trinajstić information content (AvgIpc) is 2.18. The van der Waals surface area contributed by atoms with E-state index >= 15 is 0 Å². The Bertz CT molecular complexity index is 330. The SMILES string of the molecule is CC=NNC(=S)Nc1ccc(C)cc1. The molecule has 0 radical (unpaired) electrons. The second-order valence-corrected chi connectivity index (χ2v) is 3.23. The van der Waals surface area contributed by atoms with Gasteiger partial charge in [0.2, 0.25) is 0 Å². The van der Waals surface area contributed by atoms with E-state index in [4.69, 9.17) is 12.2 Å². The summed E-state index contributed by atoms with van der Waals surface area (Å²) in [6.07, 6.45) is 1.64. The predicted octanol–water partition coefficient (Wildman–Crippen LogP) is 2.29. The van der Waals surface area contributed by atoms with E-state index in [0.717, 1.165) is 5.69 Å². The van der Waals surface area contributed by atoms with Crippen molar-refractivity contribution in [3.8, 4) is 0 Å². The Balaban J connectivity index is 2.52. The van der Waals surface area contributed by atoms with Crippen LogP contribution >= 0.6 is 12.2 Å². The van der Waals surface area contributed by atoms with Crippen LogP contribution < -0.4 is 10.7 Å². The first-order chi connectivity index (χ1) is 6.72. The van der Waals surface area contributed by atoms with Gasteiger partial charge >= 0.3 is 0 Å². The first-order valence-corrected chi connectivity index (χ1v) is 4.74. The molecule has 3 nitrogen and oxygen atoms in total. The molecule has 4 heteroatoms. The summed E-state index contributed by atoms with van der Waals surface area (Å²) in [6, 6.07) is 7.99. The fourth-order valence-electron chi connectivity index (χ4n) is 0.919. The van der Waals surface area contributed by atoms with Crippen molar-refractivity contribution >= 4 is 29.2 Å². The zero-order chi connectivity index (χ0) is 10.4. The molecule has 0 atom stereocenters. The minimum atomic E-state index is 0.493. The standard InChI is InChI=1S/C10H13N3S/c1-3-11-13-10(14)12-9-6-4-8(2)5-7-9/h3-7H,1-2H3,(H2,12,13,14).